The van der Waals surface area contributed by atoms with E-state index in [1.54, 1.807) is 11.1 Å². The van der Waals surface area contributed by atoms with E-state index in [2.05, 4.69) is 105 Å². The van der Waals surface area contributed by atoms with Gasteiger partial charge in [-0.15, -0.1) is 0 Å². The van der Waals surface area contributed by atoms with Crippen LogP contribution in [-0.2, 0) is 5.31 Å². The Bertz CT molecular complexity index is 855. The van der Waals surface area contributed by atoms with Gasteiger partial charge in [0.25, 0.3) is 0 Å². The Kier molecular flexibility index (Phi) is 4.55. The van der Waals surface area contributed by atoms with E-state index in [0.717, 1.165) is 12.7 Å². The molecule has 0 bridgehead atoms. The van der Waals surface area contributed by atoms with Gasteiger partial charge in [0, 0.05) is 5.31 Å². The van der Waals surface area contributed by atoms with Crippen molar-refractivity contribution in [3.8, 4) is 0 Å². The van der Waals surface area contributed by atoms with E-state index < -0.39 is 0 Å². The van der Waals surface area contributed by atoms with Crippen molar-refractivity contribution in [3.05, 3.63) is 113 Å². The van der Waals surface area contributed by atoms with Gasteiger partial charge in [0.2, 0.25) is 6.71 Å². The van der Waals surface area contributed by atoms with Crippen molar-refractivity contribution < 1.29 is 0 Å². The highest BCUT2D eigenvalue weighted by Gasteiger charge is 2.51. The second-order valence-corrected chi connectivity index (χ2v) is 7.32. The molecule has 0 unspecified atom stereocenters. The lowest BCUT2D eigenvalue weighted by Gasteiger charge is -2.39. The van der Waals surface area contributed by atoms with E-state index >= 15 is 0 Å². The SMILES string of the molecule is CCC1=C(C)CB(c2ccccc2)C1(c1ccccc1)c1ccccc1. The number of rotatable bonds is 4. The maximum atomic E-state index is 2.34. The molecule has 1 aliphatic heterocycles. The maximum Gasteiger partial charge on any atom is 0.201 e. The molecule has 26 heavy (non-hydrogen) atoms. The first-order valence-electron chi connectivity index (χ1n) is 9.63. The van der Waals surface area contributed by atoms with E-state index in [0.29, 0.717) is 6.71 Å². The molecule has 0 radical (unpaired) electrons. The van der Waals surface area contributed by atoms with Crippen LogP contribution in [0.4, 0.5) is 0 Å². The lowest BCUT2D eigenvalue weighted by atomic mass is 9.27. The molecule has 3 aromatic carbocycles. The summed E-state index contributed by atoms with van der Waals surface area (Å²) in [6.45, 7) is 5.08. The largest absolute Gasteiger partial charge is 0.201 e. The first-order valence-corrected chi connectivity index (χ1v) is 9.63. The van der Waals surface area contributed by atoms with E-state index in [1.165, 1.54) is 16.6 Å². The second kappa shape index (κ2) is 7.00. The monoisotopic (exact) mass is 336 g/mol. The van der Waals surface area contributed by atoms with Crippen molar-refractivity contribution >= 4 is 12.2 Å². The zero-order chi connectivity index (χ0) is 18.0. The van der Waals surface area contributed by atoms with Crippen LogP contribution in [0, 0.1) is 0 Å². The van der Waals surface area contributed by atoms with Gasteiger partial charge in [-0.3, -0.25) is 0 Å². The third-order valence-electron chi connectivity index (χ3n) is 6.04. The molecule has 0 N–H and O–H groups in total. The molecule has 0 spiro atoms. The zero-order valence-electron chi connectivity index (χ0n) is 15.7. The fourth-order valence-electron chi connectivity index (χ4n) is 5.08. The molecule has 1 aliphatic rings. The summed E-state index contributed by atoms with van der Waals surface area (Å²) in [4.78, 5) is 0. The summed E-state index contributed by atoms with van der Waals surface area (Å²) >= 11 is 0. The van der Waals surface area contributed by atoms with Gasteiger partial charge in [0.15, 0.2) is 0 Å². The van der Waals surface area contributed by atoms with Crippen LogP contribution in [0.15, 0.2) is 102 Å². The van der Waals surface area contributed by atoms with Gasteiger partial charge in [-0.25, -0.2) is 0 Å². The number of allylic oxidation sites excluding steroid dienone is 2. The van der Waals surface area contributed by atoms with Crippen LogP contribution in [-0.4, -0.2) is 6.71 Å². The van der Waals surface area contributed by atoms with Gasteiger partial charge < -0.3 is 0 Å². The highest BCUT2D eigenvalue weighted by Crippen LogP contribution is 2.50. The molecule has 0 atom stereocenters. The molecule has 0 saturated heterocycles. The standard InChI is InChI=1S/C25H25B/c1-3-24-20(2)19-26(23-17-11-6-12-18-23)25(24,21-13-7-4-8-14-21)22-15-9-5-10-16-22/h4-18H,3,19H2,1-2H3. The van der Waals surface area contributed by atoms with Crippen LogP contribution in [0.2, 0.25) is 6.32 Å². The van der Waals surface area contributed by atoms with E-state index in [1.807, 2.05) is 0 Å². The van der Waals surface area contributed by atoms with Gasteiger partial charge in [-0.05, 0) is 30.8 Å². The van der Waals surface area contributed by atoms with Gasteiger partial charge in [0.1, 0.15) is 0 Å². The molecule has 0 amide bonds. The van der Waals surface area contributed by atoms with Crippen LogP contribution in [0.1, 0.15) is 31.4 Å². The van der Waals surface area contributed by atoms with Crippen molar-refractivity contribution in [1.82, 2.24) is 0 Å². The molecule has 128 valence electrons. The first-order chi connectivity index (χ1) is 12.8. The van der Waals surface area contributed by atoms with Crippen LogP contribution in [0.5, 0.6) is 0 Å². The van der Waals surface area contributed by atoms with Crippen molar-refractivity contribution in [1.29, 1.82) is 0 Å². The Morgan fingerprint density at radius 1 is 0.731 bits per heavy atom. The summed E-state index contributed by atoms with van der Waals surface area (Å²) in [6, 6.07) is 33.3. The Labute approximate surface area is 157 Å². The summed E-state index contributed by atoms with van der Waals surface area (Å²) < 4.78 is 0. The number of hydrogen-bond donors (Lipinski definition) is 0. The number of hydrogen-bond acceptors (Lipinski definition) is 0. The average molecular weight is 336 g/mol. The van der Waals surface area contributed by atoms with Crippen LogP contribution in [0.25, 0.3) is 0 Å². The summed E-state index contributed by atoms with van der Waals surface area (Å²) in [7, 11) is 0. The molecule has 0 nitrogen and oxygen atoms in total. The Balaban J connectivity index is 2.05. The fraction of sp³-hybridized carbons (Fsp3) is 0.200. The topological polar surface area (TPSA) is 0 Å². The lowest BCUT2D eigenvalue weighted by molar-refractivity contribution is 0.792. The lowest BCUT2D eigenvalue weighted by Crippen LogP contribution is -2.49. The number of benzene rings is 3. The summed E-state index contributed by atoms with van der Waals surface area (Å²) in [5.41, 5.74) is 7.39. The summed E-state index contributed by atoms with van der Waals surface area (Å²) in [5.74, 6) is 0. The average Bonchev–Trinajstić information content (AvgIpc) is 3.03. The van der Waals surface area contributed by atoms with Crippen LogP contribution < -0.4 is 5.46 Å². The predicted molar refractivity (Wildman–Crippen MR) is 113 cm³/mol. The second-order valence-electron chi connectivity index (χ2n) is 7.32. The molecular formula is C25H25B. The van der Waals surface area contributed by atoms with Crippen molar-refractivity contribution in [2.75, 3.05) is 0 Å². The van der Waals surface area contributed by atoms with Gasteiger partial charge in [-0.1, -0.05) is 115 Å². The van der Waals surface area contributed by atoms with Gasteiger partial charge in [-0.2, -0.15) is 0 Å². The third-order valence-corrected chi connectivity index (χ3v) is 6.04. The van der Waals surface area contributed by atoms with Crippen molar-refractivity contribution in [2.24, 2.45) is 0 Å². The summed E-state index contributed by atoms with van der Waals surface area (Å²) in [6.07, 6.45) is 2.20. The van der Waals surface area contributed by atoms with Gasteiger partial charge in [0.05, 0.1) is 0 Å². The fourth-order valence-corrected chi connectivity index (χ4v) is 5.08. The Morgan fingerprint density at radius 2 is 1.19 bits per heavy atom. The van der Waals surface area contributed by atoms with Crippen LogP contribution in [0.3, 0.4) is 0 Å². The first kappa shape index (κ1) is 16.9. The highest BCUT2D eigenvalue weighted by atomic mass is 14.4. The minimum absolute atomic E-state index is 0.0806. The zero-order valence-corrected chi connectivity index (χ0v) is 15.7. The Hall–Kier alpha value is -2.54. The molecule has 1 heterocycles. The Morgan fingerprint density at radius 3 is 1.65 bits per heavy atom. The van der Waals surface area contributed by atoms with Crippen molar-refractivity contribution in [2.45, 2.75) is 31.9 Å². The molecule has 0 fully saturated rings. The van der Waals surface area contributed by atoms with E-state index in [9.17, 15) is 0 Å². The maximum absolute atomic E-state index is 2.34. The molecule has 1 heteroatoms. The van der Waals surface area contributed by atoms with Crippen LogP contribution >= 0.6 is 0 Å². The predicted octanol–water partition coefficient (Wildman–Crippen LogP) is 5.65. The molecule has 0 aromatic heterocycles. The third kappa shape index (κ3) is 2.54. The molecule has 0 saturated carbocycles. The normalized spacial score (nSPS) is 16.2. The minimum Gasteiger partial charge on any atom is -0.0803 e. The smallest absolute Gasteiger partial charge is 0.0803 e. The van der Waals surface area contributed by atoms with E-state index in [4.69, 9.17) is 0 Å². The molecular weight excluding hydrogens is 311 g/mol. The molecule has 3 aromatic rings. The van der Waals surface area contributed by atoms with E-state index in [-0.39, 0.29) is 5.31 Å². The molecule has 0 aliphatic carbocycles. The molecule has 4 rings (SSSR count). The minimum atomic E-state index is -0.0806. The highest BCUT2D eigenvalue weighted by molar-refractivity contribution is 6.79. The summed E-state index contributed by atoms with van der Waals surface area (Å²) in [5, 5.41) is -0.0806. The quantitative estimate of drug-likeness (QED) is 0.426. The van der Waals surface area contributed by atoms with Crippen molar-refractivity contribution in [3.63, 3.8) is 0 Å². The van der Waals surface area contributed by atoms with Gasteiger partial charge >= 0.3 is 0 Å².